The van der Waals surface area contributed by atoms with Crippen molar-refractivity contribution in [3.63, 3.8) is 0 Å². The number of esters is 1. The molecule has 4 aromatic rings. The van der Waals surface area contributed by atoms with E-state index in [9.17, 15) is 4.79 Å². The average Bonchev–Trinajstić information content (AvgIpc) is 3.01. The minimum absolute atomic E-state index is 0.126. The molecule has 0 fully saturated rings. The van der Waals surface area contributed by atoms with E-state index in [0.717, 1.165) is 0 Å². The molecule has 5 rings (SSSR count). The second-order valence-electron chi connectivity index (χ2n) is 9.74. The number of rotatable bonds is 9. The van der Waals surface area contributed by atoms with Crippen LogP contribution in [0, 0.1) is 11.6 Å². The molecule has 0 amide bonds. The molecule has 6 nitrogen and oxygen atoms in total. The molecular weight excluding hydrogens is 538 g/mol. The number of hydrogen-bond acceptors (Lipinski definition) is 6. The third-order valence-corrected chi connectivity index (χ3v) is 7.33. The number of anilines is 2. The van der Waals surface area contributed by atoms with Crippen molar-refractivity contribution < 1.29 is 27.8 Å². The molecular formula is C34H32F2N2O4. The Bertz CT molecular complexity index is 1570. The Labute approximate surface area is 244 Å². The van der Waals surface area contributed by atoms with E-state index >= 15 is 8.78 Å². The standard InChI is InChI=1S/C34H32F2N2O4/c1-4-42-34(39)32-30(37-22-13-17-24(40-2)18-14-22)21-31(26-9-5-7-11-28(26)35)38(23-15-19-25(41-3)20-16-23)33(32)27-10-6-8-12-29(27)36/h5-20,31,33,37H,4,21H2,1-3H3. The average molecular weight is 571 g/mol. The Hall–Kier alpha value is -4.85. The topological polar surface area (TPSA) is 60.0 Å². The van der Waals surface area contributed by atoms with Gasteiger partial charge in [-0.25, -0.2) is 13.6 Å². The number of carbonyl (C=O) groups excluding carboxylic acids is 1. The van der Waals surface area contributed by atoms with E-state index in [-0.39, 0.29) is 24.2 Å². The third-order valence-electron chi connectivity index (χ3n) is 7.33. The van der Waals surface area contributed by atoms with Crippen LogP contribution in [0.1, 0.15) is 36.6 Å². The Balaban J connectivity index is 1.79. The van der Waals surface area contributed by atoms with Gasteiger partial charge in [-0.2, -0.15) is 0 Å². The summed E-state index contributed by atoms with van der Waals surface area (Å²) in [5.41, 5.74) is 2.75. The van der Waals surface area contributed by atoms with Crippen LogP contribution < -0.4 is 19.7 Å². The fourth-order valence-corrected chi connectivity index (χ4v) is 5.39. The summed E-state index contributed by atoms with van der Waals surface area (Å²) in [5, 5.41) is 3.38. The van der Waals surface area contributed by atoms with Crippen molar-refractivity contribution in [3.05, 3.63) is 131 Å². The zero-order chi connectivity index (χ0) is 29.6. The van der Waals surface area contributed by atoms with Gasteiger partial charge in [0.15, 0.2) is 0 Å². The molecule has 1 N–H and O–H groups in total. The molecule has 1 aliphatic rings. The number of methoxy groups -OCH3 is 2. The molecule has 8 heteroatoms. The van der Waals surface area contributed by atoms with Gasteiger partial charge in [0.1, 0.15) is 23.1 Å². The summed E-state index contributed by atoms with van der Waals surface area (Å²) >= 11 is 0. The van der Waals surface area contributed by atoms with Crippen LogP contribution in [0.3, 0.4) is 0 Å². The smallest absolute Gasteiger partial charge is 0.338 e. The summed E-state index contributed by atoms with van der Waals surface area (Å²) in [6.45, 7) is 1.85. The van der Waals surface area contributed by atoms with Crippen molar-refractivity contribution in [2.45, 2.75) is 25.4 Å². The van der Waals surface area contributed by atoms with E-state index in [2.05, 4.69) is 5.32 Å². The maximum Gasteiger partial charge on any atom is 0.338 e. The summed E-state index contributed by atoms with van der Waals surface area (Å²) in [6, 6.07) is 25.7. The largest absolute Gasteiger partial charge is 0.497 e. The minimum Gasteiger partial charge on any atom is -0.497 e. The first-order chi connectivity index (χ1) is 20.4. The van der Waals surface area contributed by atoms with E-state index < -0.39 is 29.7 Å². The fourth-order valence-electron chi connectivity index (χ4n) is 5.39. The highest BCUT2D eigenvalue weighted by atomic mass is 19.1. The number of nitrogens with one attached hydrogen (secondary N) is 1. The normalized spacial score (nSPS) is 16.6. The monoisotopic (exact) mass is 570 g/mol. The summed E-state index contributed by atoms with van der Waals surface area (Å²) < 4.78 is 47.5. The summed E-state index contributed by atoms with van der Waals surface area (Å²) in [7, 11) is 3.15. The molecule has 2 atom stereocenters. The van der Waals surface area contributed by atoms with Crippen LogP contribution in [0.15, 0.2) is 108 Å². The van der Waals surface area contributed by atoms with Crippen molar-refractivity contribution in [3.8, 4) is 11.5 Å². The lowest BCUT2D eigenvalue weighted by molar-refractivity contribution is -0.139. The Morgan fingerprint density at radius 3 is 1.90 bits per heavy atom. The van der Waals surface area contributed by atoms with Crippen LogP contribution in [-0.2, 0) is 9.53 Å². The van der Waals surface area contributed by atoms with E-state index in [1.165, 1.54) is 12.1 Å². The van der Waals surface area contributed by atoms with Crippen molar-refractivity contribution in [2.75, 3.05) is 31.0 Å². The van der Waals surface area contributed by atoms with Crippen molar-refractivity contribution >= 4 is 17.3 Å². The lowest BCUT2D eigenvalue weighted by Crippen LogP contribution is -2.42. The van der Waals surface area contributed by atoms with Gasteiger partial charge in [-0.15, -0.1) is 0 Å². The first-order valence-corrected chi connectivity index (χ1v) is 13.7. The van der Waals surface area contributed by atoms with Gasteiger partial charge >= 0.3 is 5.97 Å². The first-order valence-electron chi connectivity index (χ1n) is 13.7. The molecule has 4 aromatic carbocycles. The fraction of sp³-hybridized carbons (Fsp3) is 0.206. The quantitative estimate of drug-likeness (QED) is 0.209. The highest BCUT2D eigenvalue weighted by Gasteiger charge is 2.43. The van der Waals surface area contributed by atoms with Crippen molar-refractivity contribution in [1.82, 2.24) is 0 Å². The predicted octanol–water partition coefficient (Wildman–Crippen LogP) is 7.60. The van der Waals surface area contributed by atoms with Crippen LogP contribution >= 0.6 is 0 Å². The number of hydrogen-bond donors (Lipinski definition) is 1. The Morgan fingerprint density at radius 2 is 1.36 bits per heavy atom. The van der Waals surface area contributed by atoms with Gasteiger partial charge < -0.3 is 24.4 Å². The van der Waals surface area contributed by atoms with Crippen LogP contribution in [-0.4, -0.2) is 26.8 Å². The maximum atomic E-state index is 15.7. The van der Waals surface area contributed by atoms with Gasteiger partial charge in [0.2, 0.25) is 0 Å². The summed E-state index contributed by atoms with van der Waals surface area (Å²) in [6.07, 6.45) is 0.206. The number of halogens is 2. The predicted molar refractivity (Wildman–Crippen MR) is 159 cm³/mol. The van der Waals surface area contributed by atoms with E-state index in [4.69, 9.17) is 14.2 Å². The molecule has 1 aliphatic heterocycles. The third kappa shape index (κ3) is 5.79. The second kappa shape index (κ2) is 12.8. The lowest BCUT2D eigenvalue weighted by atomic mass is 9.83. The molecule has 0 saturated carbocycles. The molecule has 216 valence electrons. The molecule has 0 bridgehead atoms. The lowest BCUT2D eigenvalue weighted by Gasteiger charge is -2.46. The second-order valence-corrected chi connectivity index (χ2v) is 9.74. The number of carbonyl (C=O) groups is 1. The van der Waals surface area contributed by atoms with Crippen molar-refractivity contribution in [2.24, 2.45) is 0 Å². The number of nitrogens with zero attached hydrogens (tertiary/aromatic N) is 1. The molecule has 1 heterocycles. The van der Waals surface area contributed by atoms with E-state index in [1.54, 1.807) is 81.8 Å². The highest BCUT2D eigenvalue weighted by molar-refractivity contribution is 5.93. The van der Waals surface area contributed by atoms with Gasteiger partial charge in [0.05, 0.1) is 38.5 Å². The molecule has 0 aromatic heterocycles. The molecule has 0 radical (unpaired) electrons. The van der Waals surface area contributed by atoms with Crippen LogP contribution in [0.4, 0.5) is 20.2 Å². The van der Waals surface area contributed by atoms with Gasteiger partial charge in [-0.05, 0) is 67.6 Å². The Kier molecular flexibility index (Phi) is 8.71. The van der Waals surface area contributed by atoms with Gasteiger partial charge in [0, 0.05) is 34.6 Å². The van der Waals surface area contributed by atoms with Crippen LogP contribution in [0.5, 0.6) is 11.5 Å². The molecule has 0 saturated heterocycles. The zero-order valence-corrected chi connectivity index (χ0v) is 23.6. The van der Waals surface area contributed by atoms with Gasteiger partial charge in [0.25, 0.3) is 0 Å². The van der Waals surface area contributed by atoms with Crippen LogP contribution in [0.25, 0.3) is 0 Å². The number of benzene rings is 4. The van der Waals surface area contributed by atoms with Crippen molar-refractivity contribution in [1.29, 1.82) is 0 Å². The van der Waals surface area contributed by atoms with Crippen LogP contribution in [0.2, 0.25) is 0 Å². The zero-order valence-electron chi connectivity index (χ0n) is 23.6. The molecule has 0 spiro atoms. The first kappa shape index (κ1) is 28.7. The van der Waals surface area contributed by atoms with E-state index in [0.29, 0.717) is 34.1 Å². The molecule has 0 aliphatic carbocycles. The van der Waals surface area contributed by atoms with Gasteiger partial charge in [-0.3, -0.25) is 0 Å². The minimum atomic E-state index is -0.960. The summed E-state index contributed by atoms with van der Waals surface area (Å²) in [5.74, 6) is -0.198. The molecule has 42 heavy (non-hydrogen) atoms. The SMILES string of the molecule is CCOC(=O)C1=C(Nc2ccc(OC)cc2)CC(c2ccccc2F)N(c2ccc(OC)cc2)C1c1ccccc1F. The Morgan fingerprint density at radius 1 is 0.810 bits per heavy atom. The summed E-state index contributed by atoms with van der Waals surface area (Å²) in [4.78, 5) is 15.7. The van der Waals surface area contributed by atoms with Gasteiger partial charge in [-0.1, -0.05) is 36.4 Å². The number of ether oxygens (including phenoxy) is 3. The highest BCUT2D eigenvalue weighted by Crippen LogP contribution is 2.49. The maximum absolute atomic E-state index is 15.7. The van der Waals surface area contributed by atoms with E-state index in [1.807, 2.05) is 29.2 Å². The molecule has 2 unspecified atom stereocenters.